The second kappa shape index (κ2) is 8.48. The maximum atomic E-state index is 12.6. The summed E-state index contributed by atoms with van der Waals surface area (Å²) in [7, 11) is -1.99. The molecule has 0 aromatic heterocycles. The van der Waals surface area contributed by atoms with Crippen LogP contribution in [0.2, 0.25) is 0 Å². The summed E-state index contributed by atoms with van der Waals surface area (Å²) >= 11 is 0. The molecule has 0 spiro atoms. The van der Waals surface area contributed by atoms with Crippen molar-refractivity contribution in [2.24, 2.45) is 5.92 Å². The Morgan fingerprint density at radius 1 is 1.24 bits per heavy atom. The lowest BCUT2D eigenvalue weighted by atomic mass is 10.1. The Balaban J connectivity index is 3.01. The van der Waals surface area contributed by atoms with E-state index in [4.69, 9.17) is 4.74 Å². The Morgan fingerprint density at radius 3 is 2.48 bits per heavy atom. The zero-order valence-corrected chi connectivity index (χ0v) is 14.0. The predicted molar refractivity (Wildman–Crippen MR) is 84.6 cm³/mol. The van der Waals surface area contributed by atoms with Gasteiger partial charge in [-0.3, -0.25) is 0 Å². The summed E-state index contributed by atoms with van der Waals surface area (Å²) in [6.45, 7) is 7.60. The van der Waals surface area contributed by atoms with E-state index in [-0.39, 0.29) is 12.0 Å². The van der Waals surface area contributed by atoms with Crippen LogP contribution in [0, 0.1) is 5.92 Å². The first kappa shape index (κ1) is 18.1. The highest BCUT2D eigenvalue weighted by molar-refractivity contribution is 7.89. The van der Waals surface area contributed by atoms with Crippen molar-refractivity contribution in [1.82, 2.24) is 10.0 Å². The molecule has 0 aliphatic rings. The molecular weight excluding hydrogens is 288 g/mol. The number of rotatable bonds is 9. The maximum Gasteiger partial charge on any atom is 0.241 e. The van der Waals surface area contributed by atoms with Crippen LogP contribution in [0.15, 0.2) is 29.2 Å². The minimum atomic E-state index is -3.56. The number of methoxy groups -OCH3 is 1. The van der Waals surface area contributed by atoms with Gasteiger partial charge in [-0.05, 0) is 24.1 Å². The van der Waals surface area contributed by atoms with Crippen LogP contribution in [0.3, 0.4) is 0 Å². The minimum Gasteiger partial charge on any atom is -0.383 e. The van der Waals surface area contributed by atoms with E-state index in [1.807, 2.05) is 32.9 Å². The minimum absolute atomic E-state index is 0.153. The highest BCUT2D eigenvalue weighted by Gasteiger charge is 2.24. The van der Waals surface area contributed by atoms with Gasteiger partial charge in [0.1, 0.15) is 0 Å². The van der Waals surface area contributed by atoms with Crippen LogP contribution in [-0.4, -0.2) is 34.7 Å². The normalized spacial score (nSPS) is 13.6. The Labute approximate surface area is 128 Å². The van der Waals surface area contributed by atoms with Gasteiger partial charge >= 0.3 is 0 Å². The molecule has 0 radical (unpaired) electrons. The number of nitrogens with one attached hydrogen (secondary N) is 2. The van der Waals surface area contributed by atoms with Crippen molar-refractivity contribution >= 4 is 10.0 Å². The van der Waals surface area contributed by atoms with Crippen molar-refractivity contribution in [1.29, 1.82) is 0 Å². The van der Waals surface area contributed by atoms with E-state index in [1.54, 1.807) is 19.2 Å². The van der Waals surface area contributed by atoms with Gasteiger partial charge in [0.15, 0.2) is 0 Å². The van der Waals surface area contributed by atoms with Crippen molar-refractivity contribution in [3.8, 4) is 0 Å². The molecule has 6 heteroatoms. The van der Waals surface area contributed by atoms with E-state index in [1.165, 1.54) is 0 Å². The summed E-state index contributed by atoms with van der Waals surface area (Å²) < 4.78 is 33.1. The van der Waals surface area contributed by atoms with Gasteiger partial charge in [-0.25, -0.2) is 13.1 Å². The van der Waals surface area contributed by atoms with Crippen molar-refractivity contribution in [2.75, 3.05) is 20.3 Å². The smallest absolute Gasteiger partial charge is 0.241 e. The van der Waals surface area contributed by atoms with Gasteiger partial charge < -0.3 is 10.1 Å². The molecule has 0 heterocycles. The quantitative estimate of drug-likeness (QED) is 0.729. The number of benzene rings is 1. The van der Waals surface area contributed by atoms with Crippen molar-refractivity contribution in [3.05, 3.63) is 29.8 Å². The molecule has 21 heavy (non-hydrogen) atoms. The first-order valence-corrected chi connectivity index (χ1v) is 8.70. The average Bonchev–Trinajstić information content (AvgIpc) is 2.44. The van der Waals surface area contributed by atoms with Gasteiger partial charge in [-0.15, -0.1) is 0 Å². The van der Waals surface area contributed by atoms with Gasteiger partial charge in [0, 0.05) is 19.7 Å². The van der Waals surface area contributed by atoms with Crippen LogP contribution in [0.5, 0.6) is 0 Å². The van der Waals surface area contributed by atoms with Crippen LogP contribution >= 0.6 is 0 Å². The molecule has 1 unspecified atom stereocenters. The molecule has 0 amide bonds. The van der Waals surface area contributed by atoms with Crippen molar-refractivity contribution in [3.63, 3.8) is 0 Å². The highest BCUT2D eigenvalue weighted by Crippen LogP contribution is 2.17. The van der Waals surface area contributed by atoms with E-state index in [2.05, 4.69) is 10.0 Å². The average molecular weight is 314 g/mol. The lowest BCUT2D eigenvalue weighted by Crippen LogP contribution is -2.41. The van der Waals surface area contributed by atoms with Crippen LogP contribution in [0.1, 0.15) is 26.3 Å². The van der Waals surface area contributed by atoms with Gasteiger partial charge in [-0.1, -0.05) is 39.0 Å². The molecule has 120 valence electrons. The van der Waals surface area contributed by atoms with E-state index < -0.39 is 10.0 Å². The molecule has 0 saturated heterocycles. The lowest BCUT2D eigenvalue weighted by molar-refractivity contribution is 0.157. The third kappa shape index (κ3) is 5.39. The number of hydrogen-bond acceptors (Lipinski definition) is 4. The molecule has 0 bridgehead atoms. The summed E-state index contributed by atoms with van der Waals surface area (Å²) in [6.07, 6.45) is 0. The molecule has 0 aliphatic carbocycles. The molecule has 0 aliphatic heterocycles. The molecule has 1 atom stereocenters. The summed E-state index contributed by atoms with van der Waals surface area (Å²) in [5.41, 5.74) is 0.770. The monoisotopic (exact) mass is 314 g/mol. The second-order valence-electron chi connectivity index (χ2n) is 5.32. The Morgan fingerprint density at radius 2 is 1.90 bits per heavy atom. The van der Waals surface area contributed by atoms with E-state index >= 15 is 0 Å². The van der Waals surface area contributed by atoms with Crippen molar-refractivity contribution < 1.29 is 13.2 Å². The standard InChI is InChI=1S/C15H26N2O3S/c1-5-16-10-13-8-6-7-9-15(13)21(18,19)17-14(11-20-4)12(2)3/h6-9,12,14,16-17H,5,10-11H2,1-4H3. The zero-order valence-electron chi connectivity index (χ0n) is 13.2. The van der Waals surface area contributed by atoms with E-state index in [0.717, 1.165) is 12.1 Å². The summed E-state index contributed by atoms with van der Waals surface area (Å²) in [5, 5.41) is 3.16. The topological polar surface area (TPSA) is 67.4 Å². The fourth-order valence-corrected chi connectivity index (χ4v) is 3.59. The molecule has 5 nitrogen and oxygen atoms in total. The Bertz CT molecular complexity index is 529. The fraction of sp³-hybridized carbons (Fsp3) is 0.600. The third-order valence-electron chi connectivity index (χ3n) is 3.29. The first-order valence-electron chi connectivity index (χ1n) is 7.22. The first-order chi connectivity index (χ1) is 9.92. The van der Waals surface area contributed by atoms with Crippen LogP contribution in [0.25, 0.3) is 0 Å². The van der Waals surface area contributed by atoms with Gasteiger partial charge in [-0.2, -0.15) is 0 Å². The Kier molecular flexibility index (Phi) is 7.31. The SMILES string of the molecule is CCNCc1ccccc1S(=O)(=O)NC(COC)C(C)C. The van der Waals surface area contributed by atoms with Crippen molar-refractivity contribution in [2.45, 2.75) is 38.3 Å². The molecular formula is C15H26N2O3S. The number of ether oxygens (including phenoxy) is 1. The van der Waals surface area contributed by atoms with E-state index in [0.29, 0.717) is 18.0 Å². The number of sulfonamides is 1. The molecule has 1 aromatic rings. The molecule has 1 aromatic carbocycles. The number of hydrogen-bond donors (Lipinski definition) is 2. The predicted octanol–water partition coefficient (Wildman–Crippen LogP) is 1.75. The van der Waals surface area contributed by atoms with Crippen LogP contribution in [-0.2, 0) is 21.3 Å². The summed E-state index contributed by atoms with van der Waals surface area (Å²) in [4.78, 5) is 0.327. The zero-order chi connectivity index (χ0) is 15.9. The molecule has 0 saturated carbocycles. The second-order valence-corrected chi connectivity index (χ2v) is 7.00. The van der Waals surface area contributed by atoms with Crippen LogP contribution < -0.4 is 10.0 Å². The van der Waals surface area contributed by atoms with Crippen LogP contribution in [0.4, 0.5) is 0 Å². The molecule has 0 fully saturated rings. The lowest BCUT2D eigenvalue weighted by Gasteiger charge is -2.22. The fourth-order valence-electron chi connectivity index (χ4n) is 1.98. The Hall–Kier alpha value is -0.950. The molecule has 1 rings (SSSR count). The van der Waals surface area contributed by atoms with Gasteiger partial charge in [0.2, 0.25) is 10.0 Å². The van der Waals surface area contributed by atoms with Gasteiger partial charge in [0.25, 0.3) is 0 Å². The maximum absolute atomic E-state index is 12.6. The van der Waals surface area contributed by atoms with E-state index in [9.17, 15) is 8.42 Å². The largest absolute Gasteiger partial charge is 0.383 e. The highest BCUT2D eigenvalue weighted by atomic mass is 32.2. The van der Waals surface area contributed by atoms with Gasteiger partial charge in [0.05, 0.1) is 11.5 Å². The third-order valence-corrected chi connectivity index (χ3v) is 4.88. The molecule has 2 N–H and O–H groups in total. The summed E-state index contributed by atoms with van der Waals surface area (Å²) in [5.74, 6) is 0.153. The summed E-state index contributed by atoms with van der Waals surface area (Å²) in [6, 6.07) is 6.81.